The molecule has 0 aliphatic rings. The summed E-state index contributed by atoms with van der Waals surface area (Å²) in [5, 5.41) is 9.51. The van der Waals surface area contributed by atoms with Crippen LogP contribution in [0.3, 0.4) is 0 Å². The molecule has 3 nitrogen and oxygen atoms in total. The SMILES string of the molecule is Cc1cncc(Br)c1C(O)CN. The van der Waals surface area contributed by atoms with Crippen molar-refractivity contribution in [2.75, 3.05) is 6.54 Å². The minimum absolute atomic E-state index is 0.226. The monoisotopic (exact) mass is 230 g/mol. The molecule has 66 valence electrons. The van der Waals surface area contributed by atoms with Crippen LogP contribution in [0.25, 0.3) is 0 Å². The second-order valence-corrected chi connectivity index (χ2v) is 3.46. The van der Waals surface area contributed by atoms with Gasteiger partial charge in [-0.05, 0) is 28.4 Å². The fraction of sp³-hybridized carbons (Fsp3) is 0.375. The average Bonchev–Trinajstić information content (AvgIpc) is 2.03. The van der Waals surface area contributed by atoms with Crippen molar-refractivity contribution in [2.45, 2.75) is 13.0 Å². The maximum absolute atomic E-state index is 9.51. The Morgan fingerprint density at radius 1 is 1.67 bits per heavy atom. The molecular weight excluding hydrogens is 220 g/mol. The summed E-state index contributed by atoms with van der Waals surface area (Å²) in [4.78, 5) is 3.96. The summed E-state index contributed by atoms with van der Waals surface area (Å²) in [6.07, 6.45) is 2.75. The first-order valence-electron chi connectivity index (χ1n) is 3.65. The van der Waals surface area contributed by atoms with Crippen LogP contribution in [0.15, 0.2) is 16.9 Å². The zero-order valence-corrected chi connectivity index (χ0v) is 8.37. The topological polar surface area (TPSA) is 59.1 Å². The lowest BCUT2D eigenvalue weighted by Gasteiger charge is -2.12. The molecule has 1 unspecified atom stereocenters. The number of aliphatic hydroxyl groups excluding tert-OH is 1. The van der Waals surface area contributed by atoms with Crippen LogP contribution in [0.5, 0.6) is 0 Å². The van der Waals surface area contributed by atoms with E-state index in [0.29, 0.717) is 0 Å². The highest BCUT2D eigenvalue weighted by atomic mass is 79.9. The Bertz CT molecular complexity index is 258. The molecule has 1 heterocycles. The maximum atomic E-state index is 9.51. The molecular formula is C8H11BrN2O. The van der Waals surface area contributed by atoms with Crippen molar-refractivity contribution in [2.24, 2.45) is 5.73 Å². The van der Waals surface area contributed by atoms with Crippen LogP contribution in [0.2, 0.25) is 0 Å². The molecule has 4 heteroatoms. The van der Waals surface area contributed by atoms with Gasteiger partial charge < -0.3 is 10.8 Å². The van der Waals surface area contributed by atoms with E-state index >= 15 is 0 Å². The van der Waals surface area contributed by atoms with Gasteiger partial charge in [-0.3, -0.25) is 4.98 Å². The van der Waals surface area contributed by atoms with Gasteiger partial charge in [0.05, 0.1) is 6.10 Å². The molecule has 1 rings (SSSR count). The third kappa shape index (κ3) is 1.83. The van der Waals surface area contributed by atoms with Crippen LogP contribution in [-0.2, 0) is 0 Å². The largest absolute Gasteiger partial charge is 0.387 e. The van der Waals surface area contributed by atoms with Gasteiger partial charge in [0, 0.05) is 29.0 Å². The highest BCUT2D eigenvalue weighted by Gasteiger charge is 2.11. The number of rotatable bonds is 2. The molecule has 0 amide bonds. The van der Waals surface area contributed by atoms with Crippen molar-refractivity contribution in [1.82, 2.24) is 4.98 Å². The van der Waals surface area contributed by atoms with Crippen molar-refractivity contribution in [3.63, 3.8) is 0 Å². The number of hydrogen-bond acceptors (Lipinski definition) is 3. The Kier molecular flexibility index (Phi) is 3.20. The lowest BCUT2D eigenvalue weighted by atomic mass is 10.1. The molecule has 0 saturated heterocycles. The van der Waals surface area contributed by atoms with Gasteiger partial charge in [0.1, 0.15) is 0 Å². The van der Waals surface area contributed by atoms with Gasteiger partial charge in [-0.25, -0.2) is 0 Å². The number of aliphatic hydroxyl groups is 1. The Morgan fingerprint density at radius 2 is 2.33 bits per heavy atom. The van der Waals surface area contributed by atoms with Crippen LogP contribution in [0.1, 0.15) is 17.2 Å². The maximum Gasteiger partial charge on any atom is 0.0926 e. The number of halogens is 1. The van der Waals surface area contributed by atoms with Gasteiger partial charge in [0.25, 0.3) is 0 Å². The van der Waals surface area contributed by atoms with E-state index in [1.165, 1.54) is 0 Å². The first-order chi connectivity index (χ1) is 5.66. The van der Waals surface area contributed by atoms with E-state index in [9.17, 15) is 5.11 Å². The number of pyridine rings is 1. The smallest absolute Gasteiger partial charge is 0.0926 e. The van der Waals surface area contributed by atoms with Crippen molar-refractivity contribution in [3.05, 3.63) is 28.0 Å². The zero-order chi connectivity index (χ0) is 9.14. The molecule has 12 heavy (non-hydrogen) atoms. The lowest BCUT2D eigenvalue weighted by molar-refractivity contribution is 0.185. The Labute approximate surface area is 79.7 Å². The van der Waals surface area contributed by atoms with Crippen LogP contribution >= 0.6 is 15.9 Å². The normalized spacial score (nSPS) is 13.0. The summed E-state index contributed by atoms with van der Waals surface area (Å²) in [5.41, 5.74) is 7.12. The number of hydrogen-bond donors (Lipinski definition) is 2. The summed E-state index contributed by atoms with van der Waals surface area (Å²) >= 11 is 3.31. The lowest BCUT2D eigenvalue weighted by Crippen LogP contribution is -2.13. The van der Waals surface area contributed by atoms with Gasteiger partial charge in [0.15, 0.2) is 0 Å². The van der Waals surface area contributed by atoms with E-state index in [-0.39, 0.29) is 6.54 Å². The zero-order valence-electron chi connectivity index (χ0n) is 6.79. The standard InChI is InChI=1S/C8H11BrN2O/c1-5-3-11-4-6(9)8(5)7(12)2-10/h3-4,7,12H,2,10H2,1H3. The molecule has 0 aliphatic heterocycles. The molecule has 0 saturated carbocycles. The molecule has 3 N–H and O–H groups in total. The van der Waals surface area contributed by atoms with Gasteiger partial charge in [-0.2, -0.15) is 0 Å². The highest BCUT2D eigenvalue weighted by molar-refractivity contribution is 9.10. The molecule has 0 aliphatic carbocycles. The highest BCUT2D eigenvalue weighted by Crippen LogP contribution is 2.24. The number of aryl methyl sites for hydroxylation is 1. The summed E-state index contributed by atoms with van der Waals surface area (Å²) in [5.74, 6) is 0. The van der Waals surface area contributed by atoms with Crippen LogP contribution < -0.4 is 5.73 Å². The Morgan fingerprint density at radius 3 is 2.83 bits per heavy atom. The first kappa shape index (κ1) is 9.64. The van der Waals surface area contributed by atoms with Crippen molar-refractivity contribution < 1.29 is 5.11 Å². The summed E-state index contributed by atoms with van der Waals surface area (Å²) < 4.78 is 0.806. The van der Waals surface area contributed by atoms with E-state index in [4.69, 9.17) is 5.73 Å². The summed E-state index contributed by atoms with van der Waals surface area (Å²) in [6, 6.07) is 0. The molecule has 0 spiro atoms. The van der Waals surface area contributed by atoms with E-state index < -0.39 is 6.10 Å². The fourth-order valence-electron chi connectivity index (χ4n) is 1.08. The molecule has 1 aromatic rings. The van der Waals surface area contributed by atoms with E-state index in [0.717, 1.165) is 15.6 Å². The molecule has 0 radical (unpaired) electrons. The first-order valence-corrected chi connectivity index (χ1v) is 4.44. The molecule has 1 aromatic heterocycles. The Hall–Kier alpha value is -0.450. The molecule has 0 bridgehead atoms. The third-order valence-corrected chi connectivity index (χ3v) is 2.33. The van der Waals surface area contributed by atoms with E-state index in [2.05, 4.69) is 20.9 Å². The van der Waals surface area contributed by atoms with Crippen LogP contribution in [-0.4, -0.2) is 16.6 Å². The van der Waals surface area contributed by atoms with Crippen molar-refractivity contribution in [3.8, 4) is 0 Å². The predicted molar refractivity (Wildman–Crippen MR) is 50.7 cm³/mol. The second-order valence-electron chi connectivity index (χ2n) is 2.60. The van der Waals surface area contributed by atoms with E-state index in [1.807, 2.05) is 6.92 Å². The van der Waals surface area contributed by atoms with Gasteiger partial charge >= 0.3 is 0 Å². The number of aromatic nitrogens is 1. The molecule has 0 fully saturated rings. The molecule has 0 aromatic carbocycles. The molecule has 1 atom stereocenters. The minimum Gasteiger partial charge on any atom is -0.387 e. The van der Waals surface area contributed by atoms with Gasteiger partial charge in [0.2, 0.25) is 0 Å². The predicted octanol–water partition coefficient (Wildman–Crippen LogP) is 1.14. The van der Waals surface area contributed by atoms with Crippen LogP contribution in [0, 0.1) is 6.92 Å². The van der Waals surface area contributed by atoms with E-state index in [1.54, 1.807) is 12.4 Å². The van der Waals surface area contributed by atoms with Crippen molar-refractivity contribution >= 4 is 15.9 Å². The summed E-state index contributed by atoms with van der Waals surface area (Å²) in [7, 11) is 0. The number of nitrogens with two attached hydrogens (primary N) is 1. The minimum atomic E-state index is -0.609. The fourth-order valence-corrected chi connectivity index (χ4v) is 1.78. The van der Waals surface area contributed by atoms with Gasteiger partial charge in [-0.15, -0.1) is 0 Å². The summed E-state index contributed by atoms with van der Waals surface area (Å²) in [6.45, 7) is 2.12. The average molecular weight is 231 g/mol. The van der Waals surface area contributed by atoms with Crippen LogP contribution in [0.4, 0.5) is 0 Å². The second kappa shape index (κ2) is 3.98. The third-order valence-electron chi connectivity index (χ3n) is 1.69. The Balaban J connectivity index is 3.12. The van der Waals surface area contributed by atoms with Crippen molar-refractivity contribution in [1.29, 1.82) is 0 Å². The number of nitrogens with zero attached hydrogens (tertiary/aromatic N) is 1. The van der Waals surface area contributed by atoms with Gasteiger partial charge in [-0.1, -0.05) is 0 Å². The quantitative estimate of drug-likeness (QED) is 0.802.